The van der Waals surface area contributed by atoms with Gasteiger partial charge in [0.2, 0.25) is 0 Å². The molecule has 2 aliphatic carbocycles. The molecule has 0 saturated heterocycles. The largest absolute Gasteiger partial charge is 0.468 e. The fourth-order valence-electron chi connectivity index (χ4n) is 4.13. The van der Waals surface area contributed by atoms with E-state index in [0.717, 1.165) is 12.8 Å². The summed E-state index contributed by atoms with van der Waals surface area (Å²) in [5.74, 6) is -0.766. The van der Waals surface area contributed by atoms with Crippen LogP contribution in [0.25, 0.3) is 0 Å². The lowest BCUT2D eigenvalue weighted by molar-refractivity contribution is -0.168. The minimum absolute atomic E-state index is 0.164. The number of esters is 2. The number of hydrogen-bond donors (Lipinski definition) is 0. The van der Waals surface area contributed by atoms with Crippen molar-refractivity contribution >= 4 is 20.0 Å². The molecule has 2 aliphatic rings. The summed E-state index contributed by atoms with van der Waals surface area (Å²) in [5, 5.41) is 1.50. The first-order chi connectivity index (χ1) is 10.7. The summed E-state index contributed by atoms with van der Waals surface area (Å²) in [5.41, 5.74) is 1.38. The Hall–Kier alpha value is -1.36. The van der Waals surface area contributed by atoms with E-state index in [2.05, 4.69) is 32.6 Å². The third-order valence-corrected chi connectivity index (χ3v) is 7.70. The van der Waals surface area contributed by atoms with Crippen LogP contribution in [-0.4, -0.2) is 34.2 Å². The van der Waals surface area contributed by atoms with Gasteiger partial charge in [-0.25, -0.2) is 0 Å². The molecular formula is C18H28O4Si. The molecule has 1 atom stereocenters. The second-order valence-corrected chi connectivity index (χ2v) is 12.8. The molecule has 1 fully saturated rings. The fourth-order valence-corrected chi connectivity index (χ4v) is 6.25. The van der Waals surface area contributed by atoms with E-state index < -0.39 is 25.4 Å². The zero-order valence-electron chi connectivity index (χ0n) is 15.1. The molecule has 0 aliphatic heterocycles. The average molecular weight is 337 g/mol. The predicted octanol–water partition coefficient (Wildman–Crippen LogP) is 3.64. The van der Waals surface area contributed by atoms with Gasteiger partial charge in [-0.1, -0.05) is 42.1 Å². The molecule has 0 bridgehead atoms. The molecule has 1 unspecified atom stereocenters. The Balaban J connectivity index is 2.60. The maximum atomic E-state index is 12.5. The Morgan fingerprint density at radius 3 is 2.22 bits per heavy atom. The van der Waals surface area contributed by atoms with E-state index in [1.165, 1.54) is 30.6 Å². The first-order valence-corrected chi connectivity index (χ1v) is 11.7. The van der Waals surface area contributed by atoms with Crippen molar-refractivity contribution in [2.75, 3.05) is 14.2 Å². The van der Waals surface area contributed by atoms with Crippen LogP contribution >= 0.6 is 0 Å². The molecule has 128 valence electrons. The normalized spacial score (nSPS) is 23.7. The highest BCUT2D eigenvalue weighted by atomic mass is 28.3. The lowest BCUT2D eigenvalue weighted by Crippen LogP contribution is -2.39. The number of allylic oxidation sites excluding steroid dienone is 4. The van der Waals surface area contributed by atoms with Crippen molar-refractivity contribution in [2.24, 2.45) is 11.3 Å². The molecule has 4 nitrogen and oxygen atoms in total. The minimum atomic E-state index is -1.51. The summed E-state index contributed by atoms with van der Waals surface area (Å²) in [6, 6.07) is 0. The molecule has 0 aromatic rings. The Kier molecular flexibility index (Phi) is 4.90. The summed E-state index contributed by atoms with van der Waals surface area (Å²) in [6.45, 7) is 9.12. The quantitative estimate of drug-likeness (QED) is 0.342. The topological polar surface area (TPSA) is 52.6 Å². The van der Waals surface area contributed by atoms with Crippen LogP contribution in [0.4, 0.5) is 0 Å². The highest BCUT2D eigenvalue weighted by molar-refractivity contribution is 6.83. The molecule has 0 amide bonds. The van der Waals surface area contributed by atoms with Gasteiger partial charge in [0.25, 0.3) is 0 Å². The summed E-state index contributed by atoms with van der Waals surface area (Å²) in [6.07, 6.45) is 5.27. The molecule has 5 heteroatoms. The third-order valence-electron chi connectivity index (χ3n) is 5.32. The van der Waals surface area contributed by atoms with Crippen LogP contribution in [0.15, 0.2) is 22.4 Å². The molecule has 0 spiro atoms. The second kappa shape index (κ2) is 6.27. The van der Waals surface area contributed by atoms with Crippen molar-refractivity contribution in [3.8, 4) is 0 Å². The summed E-state index contributed by atoms with van der Waals surface area (Å²) >= 11 is 0. The average Bonchev–Trinajstić information content (AvgIpc) is 2.83. The van der Waals surface area contributed by atoms with Crippen molar-refractivity contribution in [3.05, 3.63) is 22.4 Å². The van der Waals surface area contributed by atoms with Crippen LogP contribution in [0.1, 0.15) is 32.6 Å². The van der Waals surface area contributed by atoms with Crippen molar-refractivity contribution in [1.82, 2.24) is 0 Å². The Morgan fingerprint density at radius 2 is 1.74 bits per heavy atom. The van der Waals surface area contributed by atoms with Gasteiger partial charge in [-0.3, -0.25) is 9.59 Å². The molecule has 0 aromatic carbocycles. The third kappa shape index (κ3) is 3.03. The van der Waals surface area contributed by atoms with E-state index in [1.54, 1.807) is 0 Å². The van der Waals surface area contributed by atoms with Gasteiger partial charge in [0.15, 0.2) is 5.41 Å². The van der Waals surface area contributed by atoms with E-state index in [1.807, 2.05) is 0 Å². The smallest absolute Gasteiger partial charge is 0.323 e. The van der Waals surface area contributed by atoms with Gasteiger partial charge in [0, 0.05) is 5.92 Å². The zero-order chi connectivity index (χ0) is 17.4. The standard InChI is InChI=1S/C18H28O4Si/c1-12-8-7-9-15(23(4,5)6)14-11-18(10-13(12)14,16(19)21-2)17(20)22-3/h8,13H,7,9-11H2,1-6H3. The number of carbonyl (C=O) groups is 2. The van der Waals surface area contributed by atoms with Gasteiger partial charge in [-0.05, 0) is 32.6 Å². The monoisotopic (exact) mass is 336 g/mol. The number of ether oxygens (including phenoxy) is 2. The molecule has 23 heavy (non-hydrogen) atoms. The lowest BCUT2D eigenvalue weighted by Gasteiger charge is -2.26. The van der Waals surface area contributed by atoms with Crippen LogP contribution < -0.4 is 0 Å². The van der Waals surface area contributed by atoms with Crippen LogP contribution in [0.5, 0.6) is 0 Å². The number of methoxy groups -OCH3 is 2. The van der Waals surface area contributed by atoms with Gasteiger partial charge in [0.1, 0.15) is 0 Å². The van der Waals surface area contributed by atoms with E-state index in [9.17, 15) is 9.59 Å². The fraction of sp³-hybridized carbons (Fsp3) is 0.667. The van der Waals surface area contributed by atoms with Gasteiger partial charge < -0.3 is 9.47 Å². The molecule has 0 radical (unpaired) electrons. The zero-order valence-corrected chi connectivity index (χ0v) is 16.1. The number of carbonyl (C=O) groups excluding carboxylic acids is 2. The maximum Gasteiger partial charge on any atom is 0.323 e. The van der Waals surface area contributed by atoms with E-state index >= 15 is 0 Å². The highest BCUT2D eigenvalue weighted by Crippen LogP contribution is 2.53. The molecular weight excluding hydrogens is 308 g/mol. The Labute approximate surface area is 139 Å². The van der Waals surface area contributed by atoms with Gasteiger partial charge >= 0.3 is 11.9 Å². The lowest BCUT2D eigenvalue weighted by atomic mass is 9.84. The highest BCUT2D eigenvalue weighted by Gasteiger charge is 2.56. The molecule has 0 N–H and O–H groups in total. The number of rotatable bonds is 3. The maximum absolute atomic E-state index is 12.5. The van der Waals surface area contributed by atoms with E-state index in [4.69, 9.17) is 9.47 Å². The van der Waals surface area contributed by atoms with Crippen LogP contribution in [0, 0.1) is 11.3 Å². The molecule has 0 aromatic heterocycles. The van der Waals surface area contributed by atoms with Crippen molar-refractivity contribution in [1.29, 1.82) is 0 Å². The second-order valence-electron chi connectivity index (χ2n) is 7.74. The first kappa shape index (κ1) is 18.0. The van der Waals surface area contributed by atoms with Crippen LogP contribution in [0.3, 0.4) is 0 Å². The predicted molar refractivity (Wildman–Crippen MR) is 92.6 cm³/mol. The Bertz CT molecular complexity index is 564. The van der Waals surface area contributed by atoms with Crippen molar-refractivity contribution in [2.45, 2.75) is 52.2 Å². The molecule has 2 rings (SSSR count). The minimum Gasteiger partial charge on any atom is -0.468 e. The van der Waals surface area contributed by atoms with Gasteiger partial charge in [0.05, 0.1) is 22.3 Å². The summed E-state index contributed by atoms with van der Waals surface area (Å²) < 4.78 is 9.97. The van der Waals surface area contributed by atoms with Crippen molar-refractivity contribution in [3.63, 3.8) is 0 Å². The van der Waals surface area contributed by atoms with Gasteiger partial charge in [-0.15, -0.1) is 0 Å². The SMILES string of the molecule is COC(=O)C1(C(=O)OC)CC2=C([Si](C)(C)C)CCC=C(C)C2C1. The van der Waals surface area contributed by atoms with Crippen LogP contribution in [-0.2, 0) is 19.1 Å². The van der Waals surface area contributed by atoms with E-state index in [-0.39, 0.29) is 5.92 Å². The summed E-state index contributed by atoms with van der Waals surface area (Å²) in [4.78, 5) is 24.9. The first-order valence-electron chi connectivity index (χ1n) is 8.23. The summed E-state index contributed by atoms with van der Waals surface area (Å²) in [7, 11) is 1.18. The Morgan fingerprint density at radius 1 is 1.17 bits per heavy atom. The van der Waals surface area contributed by atoms with Crippen LogP contribution in [0.2, 0.25) is 19.6 Å². The number of fused-ring (bicyclic) bond motifs is 1. The van der Waals surface area contributed by atoms with Gasteiger partial charge in [-0.2, -0.15) is 0 Å². The molecule has 1 saturated carbocycles. The van der Waals surface area contributed by atoms with E-state index in [0.29, 0.717) is 12.8 Å². The number of hydrogen-bond acceptors (Lipinski definition) is 4. The molecule has 0 heterocycles. The van der Waals surface area contributed by atoms with Crippen molar-refractivity contribution < 1.29 is 19.1 Å².